The summed E-state index contributed by atoms with van der Waals surface area (Å²) in [6.07, 6.45) is 5.24. The van der Waals surface area contributed by atoms with Gasteiger partial charge in [0.2, 0.25) is 0 Å². The van der Waals surface area contributed by atoms with E-state index in [9.17, 15) is 9.59 Å². The van der Waals surface area contributed by atoms with E-state index < -0.39 is 5.41 Å². The lowest BCUT2D eigenvalue weighted by Gasteiger charge is -2.40. The molecule has 90 valence electrons. The number of carbonyl (C=O) groups excluding carboxylic acids is 2. The van der Waals surface area contributed by atoms with Crippen molar-refractivity contribution in [2.24, 2.45) is 23.2 Å². The topological polar surface area (TPSA) is 34.1 Å². The van der Waals surface area contributed by atoms with Gasteiger partial charge in [-0.2, -0.15) is 0 Å². The van der Waals surface area contributed by atoms with Crippen molar-refractivity contribution >= 4 is 11.6 Å². The number of hydrogen-bond donors (Lipinski definition) is 0. The van der Waals surface area contributed by atoms with Gasteiger partial charge in [-0.1, -0.05) is 43.3 Å². The molecule has 1 aromatic rings. The van der Waals surface area contributed by atoms with Crippen molar-refractivity contribution in [3.8, 4) is 0 Å². The van der Waals surface area contributed by atoms with Gasteiger partial charge in [-0.3, -0.25) is 9.59 Å². The van der Waals surface area contributed by atoms with E-state index in [2.05, 4.69) is 12.2 Å². The van der Waals surface area contributed by atoms with Crippen molar-refractivity contribution in [1.82, 2.24) is 0 Å². The lowest BCUT2D eigenvalue weighted by Crippen LogP contribution is -2.47. The Morgan fingerprint density at radius 3 is 2.61 bits per heavy atom. The summed E-state index contributed by atoms with van der Waals surface area (Å²) in [6.45, 7) is 1.99. The van der Waals surface area contributed by atoms with Crippen LogP contribution in [0.4, 0.5) is 0 Å². The minimum Gasteiger partial charge on any atom is -0.294 e. The van der Waals surface area contributed by atoms with Crippen LogP contribution in [0.15, 0.2) is 36.4 Å². The second kappa shape index (κ2) is 3.00. The summed E-state index contributed by atoms with van der Waals surface area (Å²) in [6, 6.07) is 7.28. The van der Waals surface area contributed by atoms with Gasteiger partial charge < -0.3 is 0 Å². The normalized spacial score (nSPS) is 39.9. The third kappa shape index (κ3) is 0.925. The number of benzene rings is 1. The third-order valence-electron chi connectivity index (χ3n) is 5.17. The lowest BCUT2D eigenvalue weighted by molar-refractivity contribution is 0.0552. The quantitative estimate of drug-likeness (QED) is 0.651. The van der Waals surface area contributed by atoms with Gasteiger partial charge in [0.05, 0.1) is 0 Å². The highest BCUT2D eigenvalue weighted by molar-refractivity contribution is 6.18. The molecule has 18 heavy (non-hydrogen) atoms. The Labute approximate surface area is 106 Å². The monoisotopic (exact) mass is 238 g/mol. The maximum atomic E-state index is 12.8. The standard InChI is InChI=1S/C16H14O2/c1-16-10-7-6-9(8-10)13(16)14(17)11-4-2-3-5-12(11)15(16)18/h2-7,9-10,13H,8H2,1H3/t9-,10-,13+,16+/m0/s1. The molecule has 0 amide bonds. The Morgan fingerprint density at radius 2 is 1.83 bits per heavy atom. The van der Waals surface area contributed by atoms with Crippen molar-refractivity contribution in [3.05, 3.63) is 47.5 Å². The Kier molecular flexibility index (Phi) is 1.71. The largest absolute Gasteiger partial charge is 0.294 e. The minimum atomic E-state index is -0.495. The first-order chi connectivity index (χ1) is 8.64. The van der Waals surface area contributed by atoms with Gasteiger partial charge in [-0.05, 0) is 18.3 Å². The number of fused-ring (bicyclic) bond motifs is 6. The molecule has 3 aliphatic carbocycles. The minimum absolute atomic E-state index is 0.130. The van der Waals surface area contributed by atoms with Gasteiger partial charge in [0.1, 0.15) is 0 Å². The van der Waals surface area contributed by atoms with E-state index in [1.54, 1.807) is 12.1 Å². The van der Waals surface area contributed by atoms with Crippen LogP contribution in [0.3, 0.4) is 0 Å². The van der Waals surface area contributed by atoms with Crippen molar-refractivity contribution in [1.29, 1.82) is 0 Å². The Morgan fingerprint density at radius 1 is 1.11 bits per heavy atom. The van der Waals surface area contributed by atoms with Crippen LogP contribution in [0.5, 0.6) is 0 Å². The second-order valence-corrected chi connectivity index (χ2v) is 5.89. The van der Waals surface area contributed by atoms with Gasteiger partial charge in [0.25, 0.3) is 0 Å². The molecule has 0 saturated heterocycles. The zero-order chi connectivity index (χ0) is 12.5. The fourth-order valence-corrected chi connectivity index (χ4v) is 4.22. The molecule has 0 heterocycles. The molecule has 1 aromatic carbocycles. The van der Waals surface area contributed by atoms with Crippen molar-refractivity contribution in [3.63, 3.8) is 0 Å². The van der Waals surface area contributed by atoms with Gasteiger partial charge in [-0.25, -0.2) is 0 Å². The van der Waals surface area contributed by atoms with Crippen LogP contribution in [0.1, 0.15) is 34.1 Å². The molecule has 0 aliphatic heterocycles. The molecule has 0 spiro atoms. The molecule has 0 aromatic heterocycles. The first-order valence-corrected chi connectivity index (χ1v) is 6.50. The van der Waals surface area contributed by atoms with Crippen LogP contribution in [-0.4, -0.2) is 11.6 Å². The number of carbonyl (C=O) groups is 2. The van der Waals surface area contributed by atoms with Crippen LogP contribution in [0, 0.1) is 23.2 Å². The molecule has 1 fully saturated rings. The fraction of sp³-hybridized carbons (Fsp3) is 0.375. The molecular weight excluding hydrogens is 224 g/mol. The maximum absolute atomic E-state index is 12.8. The van der Waals surface area contributed by atoms with Crippen LogP contribution in [0.2, 0.25) is 0 Å². The number of hydrogen-bond acceptors (Lipinski definition) is 2. The molecule has 3 aliphatic rings. The highest BCUT2D eigenvalue weighted by Gasteiger charge is 2.62. The average Bonchev–Trinajstić information content (AvgIpc) is 2.96. The number of allylic oxidation sites excluding steroid dienone is 2. The zero-order valence-electron chi connectivity index (χ0n) is 10.2. The first kappa shape index (κ1) is 10.2. The molecule has 2 heteroatoms. The summed E-state index contributed by atoms with van der Waals surface area (Å²) in [5.41, 5.74) is 0.762. The summed E-state index contributed by atoms with van der Waals surface area (Å²) in [7, 11) is 0. The fourth-order valence-electron chi connectivity index (χ4n) is 4.22. The highest BCUT2D eigenvalue weighted by atomic mass is 16.1. The summed E-state index contributed by atoms with van der Waals surface area (Å²) >= 11 is 0. The predicted octanol–water partition coefficient (Wildman–Crippen LogP) is 2.89. The zero-order valence-corrected chi connectivity index (χ0v) is 10.2. The molecule has 0 unspecified atom stereocenters. The summed E-state index contributed by atoms with van der Waals surface area (Å²) in [4.78, 5) is 25.4. The average molecular weight is 238 g/mol. The summed E-state index contributed by atoms with van der Waals surface area (Å²) < 4.78 is 0. The van der Waals surface area contributed by atoms with E-state index in [0.717, 1.165) is 6.42 Å². The van der Waals surface area contributed by atoms with E-state index >= 15 is 0 Å². The van der Waals surface area contributed by atoms with Gasteiger partial charge >= 0.3 is 0 Å². The summed E-state index contributed by atoms with van der Waals surface area (Å²) in [5, 5.41) is 0. The predicted molar refractivity (Wildman–Crippen MR) is 67.4 cm³/mol. The number of Topliss-reactive ketones (excluding diaryl/α,β-unsaturated/α-hetero) is 2. The van der Waals surface area contributed by atoms with Crippen LogP contribution < -0.4 is 0 Å². The first-order valence-electron chi connectivity index (χ1n) is 6.50. The van der Waals surface area contributed by atoms with Crippen LogP contribution >= 0.6 is 0 Å². The molecule has 4 atom stereocenters. The second-order valence-electron chi connectivity index (χ2n) is 5.89. The molecule has 2 nitrogen and oxygen atoms in total. The van der Waals surface area contributed by atoms with E-state index in [0.29, 0.717) is 11.1 Å². The number of rotatable bonds is 0. The molecular formula is C16H14O2. The van der Waals surface area contributed by atoms with Crippen LogP contribution in [0.25, 0.3) is 0 Å². The van der Waals surface area contributed by atoms with Crippen molar-refractivity contribution in [2.75, 3.05) is 0 Å². The van der Waals surface area contributed by atoms with Gasteiger partial charge in [0.15, 0.2) is 11.6 Å². The van der Waals surface area contributed by atoms with Gasteiger partial charge in [-0.15, -0.1) is 0 Å². The van der Waals surface area contributed by atoms with E-state index in [1.807, 2.05) is 19.1 Å². The molecule has 1 saturated carbocycles. The lowest BCUT2D eigenvalue weighted by atomic mass is 9.59. The van der Waals surface area contributed by atoms with E-state index in [1.165, 1.54) is 0 Å². The van der Waals surface area contributed by atoms with Crippen molar-refractivity contribution in [2.45, 2.75) is 13.3 Å². The van der Waals surface area contributed by atoms with Gasteiger partial charge in [0, 0.05) is 22.5 Å². The highest BCUT2D eigenvalue weighted by Crippen LogP contribution is 2.60. The van der Waals surface area contributed by atoms with E-state index in [4.69, 9.17) is 0 Å². The maximum Gasteiger partial charge on any atom is 0.170 e. The SMILES string of the molecule is C[C@]12C(=O)c3ccccc3C(=O)[C@H]1[C@H]1C=C[C@H]2C1. The van der Waals surface area contributed by atoms with Crippen LogP contribution in [-0.2, 0) is 0 Å². The molecule has 2 bridgehead atoms. The summed E-state index contributed by atoms with van der Waals surface area (Å²) in [5.74, 6) is 0.723. The third-order valence-corrected chi connectivity index (χ3v) is 5.17. The Hall–Kier alpha value is -1.70. The molecule has 0 N–H and O–H groups in total. The molecule has 0 radical (unpaired) electrons. The smallest absolute Gasteiger partial charge is 0.170 e. The Balaban J connectivity index is 2.00. The molecule has 4 rings (SSSR count). The van der Waals surface area contributed by atoms with E-state index in [-0.39, 0.29) is 29.3 Å². The van der Waals surface area contributed by atoms with Crippen molar-refractivity contribution < 1.29 is 9.59 Å². The number of ketones is 2. The Bertz CT molecular complexity index is 613.